The quantitative estimate of drug-likeness (QED) is 0.621. The van der Waals surface area contributed by atoms with Crippen molar-refractivity contribution in [2.45, 2.75) is 26.9 Å². The van der Waals surface area contributed by atoms with E-state index in [1.807, 2.05) is 6.07 Å². The van der Waals surface area contributed by atoms with Crippen LogP contribution in [0.2, 0.25) is 0 Å². The van der Waals surface area contributed by atoms with Crippen molar-refractivity contribution in [1.82, 2.24) is 19.6 Å². The molecule has 3 heterocycles. The fourth-order valence-corrected chi connectivity index (χ4v) is 2.78. The van der Waals surface area contributed by atoms with E-state index in [0.29, 0.717) is 33.9 Å². The third-order valence-corrected chi connectivity index (χ3v) is 4.70. The summed E-state index contributed by atoms with van der Waals surface area (Å²) in [4.78, 5) is 12.7. The molecule has 0 radical (unpaired) electrons. The van der Waals surface area contributed by atoms with Crippen LogP contribution >= 0.6 is 0 Å². The van der Waals surface area contributed by atoms with Crippen molar-refractivity contribution in [2.75, 3.05) is 6.54 Å². The highest BCUT2D eigenvalue weighted by atomic mass is 19.4. The molecule has 31 heavy (non-hydrogen) atoms. The lowest BCUT2D eigenvalue weighted by atomic mass is 9.93. The van der Waals surface area contributed by atoms with E-state index in [-0.39, 0.29) is 5.69 Å². The maximum absolute atomic E-state index is 13.1. The van der Waals surface area contributed by atoms with Crippen LogP contribution < -0.4 is 5.73 Å². The van der Waals surface area contributed by atoms with Gasteiger partial charge in [-0.25, -0.2) is 14.5 Å². The van der Waals surface area contributed by atoms with E-state index in [2.05, 4.69) is 20.1 Å². The lowest BCUT2D eigenvalue weighted by Gasteiger charge is -2.25. The Balaban J connectivity index is 2.03. The molecular formula is C21H20F3N7. The van der Waals surface area contributed by atoms with Gasteiger partial charge in [-0.15, -0.1) is 0 Å². The summed E-state index contributed by atoms with van der Waals surface area (Å²) in [5, 5.41) is 13.5. The van der Waals surface area contributed by atoms with E-state index < -0.39 is 18.1 Å². The number of fused-ring (bicyclic) bond motifs is 1. The number of aromatic nitrogens is 4. The molecule has 0 aliphatic rings. The summed E-state index contributed by atoms with van der Waals surface area (Å²) in [6, 6.07) is 8.65. The number of hydrogen-bond acceptors (Lipinski definition) is 6. The average molecular weight is 427 g/mol. The van der Waals surface area contributed by atoms with E-state index in [1.54, 1.807) is 35.8 Å². The first kappa shape index (κ1) is 22.0. The summed E-state index contributed by atoms with van der Waals surface area (Å²) in [5.41, 5.74) is 6.53. The Bertz CT molecular complexity index is 1210. The number of aliphatic imine (C=N–C) groups is 1. The van der Waals surface area contributed by atoms with Gasteiger partial charge in [0.25, 0.3) is 0 Å². The van der Waals surface area contributed by atoms with Crippen molar-refractivity contribution in [3.63, 3.8) is 0 Å². The molecular weight excluding hydrogens is 407 g/mol. The zero-order valence-electron chi connectivity index (χ0n) is 17.1. The number of rotatable bonds is 5. The van der Waals surface area contributed by atoms with E-state index in [1.165, 1.54) is 18.5 Å². The highest BCUT2D eigenvalue weighted by Crippen LogP contribution is 2.37. The molecule has 3 aromatic heterocycles. The predicted molar refractivity (Wildman–Crippen MR) is 111 cm³/mol. The van der Waals surface area contributed by atoms with Crippen molar-refractivity contribution in [1.29, 1.82) is 5.26 Å². The van der Waals surface area contributed by atoms with Crippen molar-refractivity contribution in [3.8, 4) is 17.3 Å². The molecule has 0 saturated carbocycles. The minimum Gasteiger partial charge on any atom is -0.404 e. The SMILES string of the molecule is Cc1nc2cc(-c3nc(C#N)ccc3C(C=NCC(C)(C)C(F)(F)F)=CN)ccn2n1. The second-order valence-electron chi connectivity index (χ2n) is 7.56. The number of nitrogens with zero attached hydrogens (tertiary/aromatic N) is 6. The smallest absolute Gasteiger partial charge is 0.395 e. The normalized spacial score (nSPS) is 13.1. The van der Waals surface area contributed by atoms with Crippen LogP contribution in [0.5, 0.6) is 0 Å². The zero-order valence-corrected chi connectivity index (χ0v) is 17.1. The number of aryl methyl sites for hydroxylation is 1. The van der Waals surface area contributed by atoms with Gasteiger partial charge in [0.15, 0.2) is 5.65 Å². The summed E-state index contributed by atoms with van der Waals surface area (Å²) in [6.45, 7) is 3.47. The minimum absolute atomic E-state index is 0.183. The second kappa shape index (κ2) is 8.18. The predicted octanol–water partition coefficient (Wildman–Crippen LogP) is 3.93. The Morgan fingerprint density at radius 2 is 2.00 bits per heavy atom. The van der Waals surface area contributed by atoms with E-state index >= 15 is 0 Å². The van der Waals surface area contributed by atoms with Crippen LogP contribution in [0, 0.1) is 23.7 Å². The Morgan fingerprint density at radius 3 is 2.65 bits per heavy atom. The number of halogens is 3. The first-order valence-electron chi connectivity index (χ1n) is 9.29. The Morgan fingerprint density at radius 1 is 1.26 bits per heavy atom. The van der Waals surface area contributed by atoms with Crippen molar-refractivity contribution in [3.05, 3.63) is 53.7 Å². The fraction of sp³-hybridized carbons (Fsp3) is 0.286. The Hall–Kier alpha value is -3.74. The maximum Gasteiger partial charge on any atom is 0.395 e. The summed E-state index contributed by atoms with van der Waals surface area (Å²) >= 11 is 0. The molecule has 0 aromatic carbocycles. The zero-order chi connectivity index (χ0) is 22.8. The monoisotopic (exact) mass is 427 g/mol. The highest BCUT2D eigenvalue weighted by molar-refractivity contribution is 6.11. The van der Waals surface area contributed by atoms with Crippen LogP contribution in [0.4, 0.5) is 13.2 Å². The van der Waals surface area contributed by atoms with Crippen molar-refractivity contribution in [2.24, 2.45) is 16.1 Å². The van der Waals surface area contributed by atoms with Crippen molar-refractivity contribution < 1.29 is 13.2 Å². The molecule has 0 saturated heterocycles. The third-order valence-electron chi connectivity index (χ3n) is 4.70. The fourth-order valence-electron chi connectivity index (χ4n) is 2.78. The van der Waals surface area contributed by atoms with Crippen LogP contribution in [-0.4, -0.2) is 38.5 Å². The van der Waals surface area contributed by atoms with Gasteiger partial charge >= 0.3 is 6.18 Å². The van der Waals surface area contributed by atoms with Gasteiger partial charge < -0.3 is 5.73 Å². The van der Waals surface area contributed by atoms with Gasteiger partial charge in [0, 0.05) is 35.3 Å². The minimum atomic E-state index is -4.39. The molecule has 0 bridgehead atoms. The molecule has 0 spiro atoms. The average Bonchev–Trinajstić information content (AvgIpc) is 3.09. The van der Waals surface area contributed by atoms with Gasteiger partial charge in [0.1, 0.15) is 17.6 Å². The number of pyridine rings is 2. The van der Waals surface area contributed by atoms with Gasteiger partial charge in [-0.05, 0) is 45.0 Å². The molecule has 0 atom stereocenters. The molecule has 10 heteroatoms. The van der Waals surface area contributed by atoms with E-state index in [4.69, 9.17) is 5.73 Å². The lowest BCUT2D eigenvalue weighted by Crippen LogP contribution is -2.34. The summed E-state index contributed by atoms with van der Waals surface area (Å²) < 4.78 is 40.9. The molecule has 160 valence electrons. The van der Waals surface area contributed by atoms with E-state index in [9.17, 15) is 18.4 Å². The molecule has 7 nitrogen and oxygen atoms in total. The first-order chi connectivity index (χ1) is 14.6. The van der Waals surface area contributed by atoms with Gasteiger partial charge in [0.2, 0.25) is 0 Å². The standard InChI is InChI=1S/C21H20F3N7/c1-13-28-18-8-14(6-7-31(18)30-13)19-17(5-4-16(10-26)29-19)15(9-25)11-27-12-20(2,3)21(22,23)24/h4-9,11H,12,25H2,1-3H3. The number of allylic oxidation sites excluding steroid dienone is 1. The summed E-state index contributed by atoms with van der Waals surface area (Å²) in [6.07, 6.45) is -0.138. The number of nitrogens with two attached hydrogens (primary N) is 1. The van der Waals surface area contributed by atoms with Crippen LogP contribution in [-0.2, 0) is 0 Å². The molecule has 2 N–H and O–H groups in total. The first-order valence-corrected chi connectivity index (χ1v) is 9.29. The van der Waals surface area contributed by atoms with E-state index in [0.717, 1.165) is 13.8 Å². The summed E-state index contributed by atoms with van der Waals surface area (Å²) in [7, 11) is 0. The largest absolute Gasteiger partial charge is 0.404 e. The molecule has 0 aliphatic heterocycles. The number of alkyl halides is 3. The van der Waals surface area contributed by atoms with Crippen LogP contribution in [0.3, 0.4) is 0 Å². The maximum atomic E-state index is 13.1. The molecule has 0 unspecified atom stereocenters. The van der Waals surface area contributed by atoms with Crippen molar-refractivity contribution >= 4 is 17.4 Å². The second-order valence-corrected chi connectivity index (χ2v) is 7.56. The number of hydrogen-bond donors (Lipinski definition) is 1. The summed E-state index contributed by atoms with van der Waals surface area (Å²) in [5.74, 6) is 0.595. The Kier molecular flexibility index (Phi) is 5.79. The van der Waals surface area contributed by atoms with Gasteiger partial charge in [-0.1, -0.05) is 0 Å². The molecule has 0 aliphatic carbocycles. The van der Waals surface area contributed by atoms with Crippen LogP contribution in [0.25, 0.3) is 22.5 Å². The Labute approximate surface area is 176 Å². The number of nitriles is 1. The molecule has 0 fully saturated rings. The molecule has 3 rings (SSSR count). The third kappa shape index (κ3) is 4.55. The topological polar surface area (TPSA) is 105 Å². The van der Waals surface area contributed by atoms with Gasteiger partial charge in [-0.3, -0.25) is 4.99 Å². The van der Waals surface area contributed by atoms with Crippen LogP contribution in [0.1, 0.15) is 30.9 Å². The van der Waals surface area contributed by atoms with Gasteiger partial charge in [-0.2, -0.15) is 23.5 Å². The van der Waals surface area contributed by atoms with Crippen LogP contribution in [0.15, 0.2) is 41.7 Å². The molecule has 3 aromatic rings. The highest BCUT2D eigenvalue weighted by Gasteiger charge is 2.46. The lowest BCUT2D eigenvalue weighted by molar-refractivity contribution is -0.207. The molecule has 0 amide bonds. The van der Waals surface area contributed by atoms with Gasteiger partial charge in [0.05, 0.1) is 17.7 Å².